The lowest BCUT2D eigenvalue weighted by Crippen LogP contribution is -2.34. The molecule has 0 aliphatic heterocycles. The third-order valence-electron chi connectivity index (χ3n) is 5.89. The van der Waals surface area contributed by atoms with Crippen molar-refractivity contribution >= 4 is 5.78 Å². The summed E-state index contributed by atoms with van der Waals surface area (Å²) in [5.41, 5.74) is 0.384. The first kappa shape index (κ1) is 21.7. The average molecular weight is 379 g/mol. The van der Waals surface area contributed by atoms with E-state index in [0.717, 1.165) is 18.4 Å². The van der Waals surface area contributed by atoms with Crippen LogP contribution < -0.4 is 9.47 Å². The number of halogens is 1. The average Bonchev–Trinajstić information content (AvgIpc) is 3.22. The minimum atomic E-state index is -0.548. The van der Waals surface area contributed by atoms with E-state index in [1.807, 2.05) is 18.2 Å². The summed E-state index contributed by atoms with van der Waals surface area (Å²) < 4.78 is 25.4. The maximum Gasteiger partial charge on any atom is 0.161 e. The van der Waals surface area contributed by atoms with Crippen molar-refractivity contribution in [3.05, 3.63) is 23.8 Å². The fourth-order valence-corrected chi connectivity index (χ4v) is 3.79. The Morgan fingerprint density at radius 2 is 1.70 bits per heavy atom. The Morgan fingerprint density at radius 1 is 1.07 bits per heavy atom. The molecule has 27 heavy (non-hydrogen) atoms. The van der Waals surface area contributed by atoms with Crippen LogP contribution in [0.25, 0.3) is 0 Å². The third kappa shape index (κ3) is 5.70. The smallest absolute Gasteiger partial charge is 0.161 e. The third-order valence-corrected chi connectivity index (χ3v) is 5.89. The molecule has 0 bridgehead atoms. The van der Waals surface area contributed by atoms with Crippen molar-refractivity contribution in [2.24, 2.45) is 0 Å². The highest BCUT2D eigenvalue weighted by atomic mass is 19.1. The molecule has 1 aromatic carbocycles. The minimum absolute atomic E-state index is 0.230. The highest BCUT2D eigenvalue weighted by molar-refractivity contribution is 5.79. The van der Waals surface area contributed by atoms with E-state index in [-0.39, 0.29) is 11.9 Å². The number of carbonyl (C=O) groups is 1. The highest BCUT2D eigenvalue weighted by Gasteiger charge is 2.37. The molecule has 0 N–H and O–H groups in total. The second-order valence-electron chi connectivity index (χ2n) is 7.84. The van der Waals surface area contributed by atoms with Gasteiger partial charge in [0.15, 0.2) is 11.5 Å². The Bertz CT molecular complexity index is 581. The summed E-state index contributed by atoms with van der Waals surface area (Å²) in [7, 11) is 1.63. The highest BCUT2D eigenvalue weighted by Crippen LogP contribution is 2.42. The van der Waals surface area contributed by atoms with Gasteiger partial charge in [-0.3, -0.25) is 9.18 Å². The largest absolute Gasteiger partial charge is 0.493 e. The van der Waals surface area contributed by atoms with Crippen LogP contribution in [0.15, 0.2) is 18.2 Å². The van der Waals surface area contributed by atoms with E-state index < -0.39 is 12.1 Å². The summed E-state index contributed by atoms with van der Waals surface area (Å²) in [6.45, 7) is 3.93. The lowest BCUT2D eigenvalue weighted by atomic mass is 9.70. The van der Waals surface area contributed by atoms with Crippen molar-refractivity contribution in [3.63, 3.8) is 0 Å². The summed E-state index contributed by atoms with van der Waals surface area (Å²) in [5.74, 6) is 1.65. The molecule has 2 saturated carbocycles. The van der Waals surface area contributed by atoms with Gasteiger partial charge in [-0.2, -0.15) is 0 Å². The predicted molar refractivity (Wildman–Crippen MR) is 108 cm³/mol. The Morgan fingerprint density at radius 3 is 2.22 bits per heavy atom. The molecule has 1 aromatic rings. The molecule has 4 heteroatoms. The molecule has 0 radical (unpaired) electrons. The number of carbonyl (C=O) groups excluding carboxylic acids is 1. The zero-order valence-corrected chi connectivity index (χ0v) is 17.2. The van der Waals surface area contributed by atoms with Gasteiger partial charge in [-0.1, -0.05) is 32.8 Å². The minimum Gasteiger partial charge on any atom is -0.493 e. The molecule has 2 aliphatic rings. The van der Waals surface area contributed by atoms with E-state index in [0.29, 0.717) is 37.2 Å². The monoisotopic (exact) mass is 378 g/mol. The van der Waals surface area contributed by atoms with Crippen LogP contribution in [0.1, 0.15) is 83.6 Å². The van der Waals surface area contributed by atoms with Crippen molar-refractivity contribution < 1.29 is 18.7 Å². The fraction of sp³-hybridized carbons (Fsp3) is 0.696. The van der Waals surface area contributed by atoms with Crippen molar-refractivity contribution in [3.8, 4) is 11.5 Å². The number of hydrogen-bond donors (Lipinski definition) is 0. The number of hydrogen-bond acceptors (Lipinski definition) is 3. The molecular formula is C23H35FO3. The van der Waals surface area contributed by atoms with Gasteiger partial charge >= 0.3 is 0 Å². The molecule has 3 rings (SSSR count). The Balaban J connectivity index is 0.000000596. The second-order valence-corrected chi connectivity index (χ2v) is 7.84. The van der Waals surface area contributed by atoms with Crippen LogP contribution in [0.3, 0.4) is 0 Å². The number of methoxy groups -OCH3 is 1. The van der Waals surface area contributed by atoms with Crippen LogP contribution >= 0.6 is 0 Å². The van der Waals surface area contributed by atoms with E-state index in [9.17, 15) is 9.18 Å². The molecule has 2 fully saturated rings. The molecule has 0 spiro atoms. The molecule has 0 unspecified atom stereocenters. The zero-order chi connectivity index (χ0) is 19.7. The van der Waals surface area contributed by atoms with Crippen molar-refractivity contribution in [2.45, 2.75) is 89.6 Å². The van der Waals surface area contributed by atoms with Crippen molar-refractivity contribution in [1.29, 1.82) is 0 Å². The van der Waals surface area contributed by atoms with Gasteiger partial charge in [-0.25, -0.2) is 0 Å². The summed E-state index contributed by atoms with van der Waals surface area (Å²) in [6.07, 6.45) is 9.49. The van der Waals surface area contributed by atoms with E-state index >= 15 is 0 Å². The van der Waals surface area contributed by atoms with Gasteiger partial charge in [0.25, 0.3) is 0 Å². The fourth-order valence-electron chi connectivity index (χ4n) is 3.79. The van der Waals surface area contributed by atoms with Crippen molar-refractivity contribution in [2.75, 3.05) is 13.8 Å². The summed E-state index contributed by atoms with van der Waals surface area (Å²) >= 11 is 0. The molecule has 0 saturated heterocycles. The van der Waals surface area contributed by atoms with E-state index in [4.69, 9.17) is 9.47 Å². The zero-order valence-electron chi connectivity index (χ0n) is 17.2. The number of alkyl halides is 1. The number of Topliss-reactive ketones (excluding diaryl/α,β-unsaturated/α-hetero) is 1. The topological polar surface area (TPSA) is 35.5 Å². The van der Waals surface area contributed by atoms with Crippen LogP contribution in [0.2, 0.25) is 0 Å². The molecule has 152 valence electrons. The lowest BCUT2D eigenvalue weighted by molar-refractivity contribution is -0.121. The first-order valence-electron chi connectivity index (χ1n) is 10.5. The quantitative estimate of drug-likeness (QED) is 0.593. The molecule has 2 aliphatic carbocycles. The van der Waals surface area contributed by atoms with Gasteiger partial charge in [0.2, 0.25) is 0 Å². The van der Waals surface area contributed by atoms with Gasteiger partial charge < -0.3 is 9.47 Å². The first-order valence-corrected chi connectivity index (χ1v) is 10.5. The van der Waals surface area contributed by atoms with Crippen LogP contribution in [-0.4, -0.2) is 25.7 Å². The Labute approximate surface area is 163 Å². The second kappa shape index (κ2) is 10.7. The lowest BCUT2D eigenvalue weighted by Gasteiger charge is -2.35. The van der Waals surface area contributed by atoms with Crippen LogP contribution in [-0.2, 0) is 10.2 Å². The Kier molecular flexibility index (Phi) is 8.59. The molecule has 0 amide bonds. The standard InChI is InChI=1S/C19H25FO3.C4H10/c1-22-17-7-6-14(12-18(17)23-16-4-2-3-5-16)19(13-20)10-8-15(21)9-11-19;1-3-4-2/h6-7,12,16H,2-5,8-11,13H2,1H3;3-4H2,1-2H3. The predicted octanol–water partition coefficient (Wildman–Crippen LogP) is 6.17. The summed E-state index contributed by atoms with van der Waals surface area (Å²) in [4.78, 5) is 11.5. The van der Waals surface area contributed by atoms with E-state index in [1.54, 1.807) is 7.11 Å². The Hall–Kier alpha value is -1.58. The number of ether oxygens (including phenoxy) is 2. The molecule has 0 aromatic heterocycles. The SMILES string of the molecule is CCCC.COc1ccc(C2(CF)CCC(=O)CC2)cc1OC1CCCC1. The van der Waals surface area contributed by atoms with Crippen LogP contribution in [0.4, 0.5) is 4.39 Å². The normalized spacial score (nSPS) is 19.3. The molecule has 0 heterocycles. The maximum atomic E-state index is 13.9. The van der Waals surface area contributed by atoms with Gasteiger partial charge in [-0.15, -0.1) is 0 Å². The number of rotatable bonds is 6. The van der Waals surface area contributed by atoms with Crippen LogP contribution in [0.5, 0.6) is 11.5 Å². The van der Waals surface area contributed by atoms with E-state index in [2.05, 4.69) is 13.8 Å². The van der Waals surface area contributed by atoms with Crippen LogP contribution in [0, 0.1) is 0 Å². The number of ketones is 1. The van der Waals surface area contributed by atoms with Gasteiger partial charge in [0.1, 0.15) is 5.78 Å². The molecule has 0 atom stereocenters. The van der Waals surface area contributed by atoms with Gasteiger partial charge in [0, 0.05) is 18.3 Å². The number of benzene rings is 1. The van der Waals surface area contributed by atoms with Gasteiger partial charge in [-0.05, 0) is 56.2 Å². The van der Waals surface area contributed by atoms with E-state index in [1.165, 1.54) is 25.7 Å². The maximum absolute atomic E-state index is 13.9. The van der Waals surface area contributed by atoms with Gasteiger partial charge in [0.05, 0.1) is 19.9 Å². The molecular weight excluding hydrogens is 343 g/mol. The summed E-state index contributed by atoms with van der Waals surface area (Å²) in [6, 6.07) is 5.73. The number of unbranched alkanes of at least 4 members (excludes halogenated alkanes) is 1. The first-order chi connectivity index (χ1) is 13.1. The molecule has 3 nitrogen and oxygen atoms in total. The van der Waals surface area contributed by atoms with Crippen molar-refractivity contribution in [1.82, 2.24) is 0 Å². The summed E-state index contributed by atoms with van der Waals surface area (Å²) in [5, 5.41) is 0.